The van der Waals surface area contributed by atoms with E-state index in [1.807, 2.05) is 13.8 Å². The first-order valence-electron chi connectivity index (χ1n) is 7.32. The fourth-order valence-electron chi connectivity index (χ4n) is 2.12. The quantitative estimate of drug-likeness (QED) is 0.463. The molecule has 0 bridgehead atoms. The number of nitro benzene ring substituents is 1. The van der Waals surface area contributed by atoms with Crippen LogP contribution in [0, 0.1) is 17.0 Å². The Labute approximate surface area is 152 Å². The summed E-state index contributed by atoms with van der Waals surface area (Å²) in [5.74, 6) is -1.28. The molecule has 2 rings (SSSR count). The molecule has 0 aliphatic rings. The normalized spacial score (nSPS) is 10.4. The minimum absolute atomic E-state index is 0.0179. The maximum atomic E-state index is 12.0. The number of amides is 1. The van der Waals surface area contributed by atoms with Gasteiger partial charge in [-0.15, -0.1) is 11.3 Å². The molecule has 9 heteroatoms. The van der Waals surface area contributed by atoms with Crippen molar-refractivity contribution in [2.45, 2.75) is 20.3 Å². The average Bonchev–Trinajstić information content (AvgIpc) is 2.95. The zero-order chi connectivity index (χ0) is 18.6. The highest BCUT2D eigenvalue weighted by Crippen LogP contribution is 2.27. The summed E-state index contributed by atoms with van der Waals surface area (Å²) >= 11 is 7.01. The molecule has 7 nitrogen and oxygen atoms in total. The van der Waals surface area contributed by atoms with Crippen LogP contribution in [0.5, 0.6) is 0 Å². The maximum absolute atomic E-state index is 12.0. The molecule has 0 atom stereocenters. The van der Waals surface area contributed by atoms with Gasteiger partial charge in [-0.3, -0.25) is 14.9 Å². The number of ether oxygens (including phenoxy) is 1. The molecule has 1 amide bonds. The first-order chi connectivity index (χ1) is 11.8. The van der Waals surface area contributed by atoms with Gasteiger partial charge >= 0.3 is 5.97 Å². The predicted octanol–water partition coefficient (Wildman–Crippen LogP) is 3.98. The monoisotopic (exact) mass is 382 g/mol. The Balaban J connectivity index is 1.99. The molecule has 1 aromatic carbocycles. The van der Waals surface area contributed by atoms with Gasteiger partial charge < -0.3 is 10.1 Å². The number of thiophene rings is 1. The Bertz CT molecular complexity index is 834. The number of esters is 1. The molecule has 1 aromatic heterocycles. The molecule has 25 heavy (non-hydrogen) atoms. The van der Waals surface area contributed by atoms with Crippen molar-refractivity contribution in [3.05, 3.63) is 54.7 Å². The highest BCUT2D eigenvalue weighted by molar-refractivity contribution is 7.14. The topological polar surface area (TPSA) is 98.5 Å². The number of nitrogens with one attached hydrogen (secondary N) is 1. The van der Waals surface area contributed by atoms with Crippen LogP contribution in [-0.4, -0.2) is 23.4 Å². The summed E-state index contributed by atoms with van der Waals surface area (Å²) < 4.78 is 4.96. The van der Waals surface area contributed by atoms with Gasteiger partial charge in [0.1, 0.15) is 10.6 Å². The number of nitrogens with zero attached hydrogens (tertiary/aromatic N) is 1. The molecule has 0 fully saturated rings. The Morgan fingerprint density at radius 1 is 1.36 bits per heavy atom. The second-order valence-corrected chi connectivity index (χ2v) is 6.78. The van der Waals surface area contributed by atoms with Gasteiger partial charge in [-0.05, 0) is 37.1 Å². The van der Waals surface area contributed by atoms with Crippen molar-refractivity contribution in [1.29, 1.82) is 0 Å². The van der Waals surface area contributed by atoms with Crippen molar-refractivity contribution in [3.8, 4) is 0 Å². The van der Waals surface area contributed by atoms with E-state index in [2.05, 4.69) is 5.32 Å². The summed E-state index contributed by atoms with van der Waals surface area (Å²) in [6.07, 6.45) is 0.802. The highest BCUT2D eigenvalue weighted by Gasteiger charge is 2.18. The van der Waals surface area contributed by atoms with Crippen molar-refractivity contribution >= 4 is 46.2 Å². The average molecular weight is 383 g/mol. The summed E-state index contributed by atoms with van der Waals surface area (Å²) in [6.45, 7) is 3.35. The molecule has 2 aromatic rings. The number of hydrogen-bond donors (Lipinski definition) is 1. The van der Waals surface area contributed by atoms with Gasteiger partial charge in [0.15, 0.2) is 6.61 Å². The first-order valence-corrected chi connectivity index (χ1v) is 8.51. The van der Waals surface area contributed by atoms with Crippen LogP contribution in [0.2, 0.25) is 5.02 Å². The Kier molecular flexibility index (Phi) is 6.11. The third-order valence-electron chi connectivity index (χ3n) is 3.37. The van der Waals surface area contributed by atoms with Crippen LogP contribution in [-0.2, 0) is 16.0 Å². The van der Waals surface area contributed by atoms with Gasteiger partial charge in [0.05, 0.1) is 4.92 Å². The molecule has 1 heterocycles. The summed E-state index contributed by atoms with van der Waals surface area (Å²) in [5.41, 5.74) is 0.697. The SMILES string of the molecule is CCc1cc(C(=O)OCC(=O)Nc2ccc(Cl)cc2[N+](=O)[O-])sc1C. The van der Waals surface area contributed by atoms with Crippen LogP contribution in [0.3, 0.4) is 0 Å². The summed E-state index contributed by atoms with van der Waals surface area (Å²) in [5, 5.41) is 13.5. The van der Waals surface area contributed by atoms with Crippen LogP contribution in [0.4, 0.5) is 11.4 Å². The second kappa shape index (κ2) is 8.09. The van der Waals surface area contributed by atoms with Gasteiger partial charge in [-0.1, -0.05) is 18.5 Å². The number of rotatable bonds is 6. The third kappa shape index (κ3) is 4.77. The second-order valence-electron chi connectivity index (χ2n) is 5.09. The molecular formula is C16H15ClN2O5S. The predicted molar refractivity (Wildman–Crippen MR) is 95.5 cm³/mol. The van der Waals surface area contributed by atoms with Crippen molar-refractivity contribution in [2.75, 3.05) is 11.9 Å². The molecule has 1 N–H and O–H groups in total. The van der Waals surface area contributed by atoms with Crippen LogP contribution in [0.15, 0.2) is 24.3 Å². The van der Waals surface area contributed by atoms with Crippen molar-refractivity contribution in [3.63, 3.8) is 0 Å². The molecule has 0 saturated carbocycles. The van der Waals surface area contributed by atoms with Gasteiger partial charge in [-0.2, -0.15) is 0 Å². The van der Waals surface area contributed by atoms with Crippen molar-refractivity contribution in [1.82, 2.24) is 0 Å². The number of nitro groups is 1. The van der Waals surface area contributed by atoms with E-state index in [4.69, 9.17) is 16.3 Å². The lowest BCUT2D eigenvalue weighted by molar-refractivity contribution is -0.383. The van der Waals surface area contributed by atoms with E-state index in [1.165, 1.54) is 23.5 Å². The van der Waals surface area contributed by atoms with Gasteiger partial charge in [0.2, 0.25) is 0 Å². The minimum atomic E-state index is -0.678. The van der Waals surface area contributed by atoms with Gasteiger partial charge in [0.25, 0.3) is 11.6 Å². The molecular weight excluding hydrogens is 368 g/mol. The largest absolute Gasteiger partial charge is 0.451 e. The van der Waals surface area contributed by atoms with E-state index in [1.54, 1.807) is 6.07 Å². The number of halogens is 1. The number of benzene rings is 1. The molecule has 0 radical (unpaired) electrons. The van der Waals surface area contributed by atoms with Crippen LogP contribution in [0.1, 0.15) is 27.0 Å². The number of carbonyl (C=O) groups is 2. The van der Waals surface area contributed by atoms with Crippen molar-refractivity contribution in [2.24, 2.45) is 0 Å². The summed E-state index contributed by atoms with van der Waals surface area (Å²) in [7, 11) is 0. The van der Waals surface area contributed by atoms with E-state index < -0.39 is 23.4 Å². The lowest BCUT2D eigenvalue weighted by Gasteiger charge is -2.07. The smallest absolute Gasteiger partial charge is 0.348 e. The van der Waals surface area contributed by atoms with E-state index in [0.717, 1.165) is 22.9 Å². The Hall–Kier alpha value is -2.45. The molecule has 0 saturated heterocycles. The number of carbonyl (C=O) groups excluding carboxylic acids is 2. The summed E-state index contributed by atoms with van der Waals surface area (Å²) in [6, 6.07) is 5.60. The first kappa shape index (κ1) is 18.9. The molecule has 0 spiro atoms. The molecule has 0 unspecified atom stereocenters. The highest BCUT2D eigenvalue weighted by atomic mass is 35.5. The van der Waals surface area contributed by atoms with E-state index in [9.17, 15) is 19.7 Å². The van der Waals surface area contributed by atoms with Crippen LogP contribution in [0.25, 0.3) is 0 Å². The molecule has 0 aliphatic heterocycles. The van der Waals surface area contributed by atoms with E-state index in [-0.39, 0.29) is 16.4 Å². The van der Waals surface area contributed by atoms with E-state index >= 15 is 0 Å². The van der Waals surface area contributed by atoms with Crippen molar-refractivity contribution < 1.29 is 19.2 Å². The van der Waals surface area contributed by atoms with Gasteiger partial charge in [0, 0.05) is 16.0 Å². The lowest BCUT2D eigenvalue weighted by atomic mass is 10.2. The molecule has 0 aliphatic carbocycles. The molecule has 132 valence electrons. The fourth-order valence-corrected chi connectivity index (χ4v) is 3.30. The number of hydrogen-bond acceptors (Lipinski definition) is 6. The van der Waals surface area contributed by atoms with Crippen LogP contribution < -0.4 is 5.32 Å². The standard InChI is InChI=1S/C16H15ClN2O5S/c1-3-10-6-14(25-9(10)2)16(21)24-8-15(20)18-12-5-4-11(17)7-13(12)19(22)23/h4-7H,3,8H2,1-2H3,(H,18,20). The summed E-state index contributed by atoms with van der Waals surface area (Å²) in [4.78, 5) is 35.6. The van der Waals surface area contributed by atoms with E-state index in [0.29, 0.717) is 4.88 Å². The zero-order valence-corrected chi connectivity index (χ0v) is 15.1. The van der Waals surface area contributed by atoms with Gasteiger partial charge in [-0.25, -0.2) is 4.79 Å². The minimum Gasteiger partial charge on any atom is -0.451 e. The number of aryl methyl sites for hydroxylation is 2. The Morgan fingerprint density at radius 3 is 2.68 bits per heavy atom. The van der Waals surface area contributed by atoms with Crippen LogP contribution >= 0.6 is 22.9 Å². The zero-order valence-electron chi connectivity index (χ0n) is 13.5. The number of anilines is 1. The third-order valence-corrected chi connectivity index (χ3v) is 4.68. The fraction of sp³-hybridized carbons (Fsp3) is 0.250. The lowest BCUT2D eigenvalue weighted by Crippen LogP contribution is -2.21. The maximum Gasteiger partial charge on any atom is 0.348 e. The Morgan fingerprint density at radius 2 is 2.08 bits per heavy atom.